The molecule has 2 unspecified atom stereocenters. The van der Waals surface area contributed by atoms with Gasteiger partial charge in [0.15, 0.2) is 5.78 Å². The van der Waals surface area contributed by atoms with Crippen molar-refractivity contribution in [1.82, 2.24) is 5.32 Å². The molecule has 14 heavy (non-hydrogen) atoms. The Morgan fingerprint density at radius 3 is 2.21 bits per heavy atom. The molecule has 1 N–H and O–H groups in total. The minimum Gasteiger partial charge on any atom is -0.347 e. The summed E-state index contributed by atoms with van der Waals surface area (Å²) in [5.41, 5.74) is 0. The minimum absolute atomic E-state index is 0.0198. The first-order valence-corrected chi connectivity index (χ1v) is 5.33. The number of Topliss-reactive ketones (excluding diaryl/α,β-unsaturated/α-hetero) is 1. The zero-order chi connectivity index (χ0) is 11.1. The van der Waals surface area contributed by atoms with E-state index in [0.717, 1.165) is 6.42 Å². The Labute approximate surface area is 86.3 Å². The summed E-state index contributed by atoms with van der Waals surface area (Å²) in [4.78, 5) is 22.6. The molecule has 0 rings (SSSR count). The van der Waals surface area contributed by atoms with Gasteiger partial charge in [-0.15, -0.1) is 0 Å². The molecule has 1 amide bonds. The van der Waals surface area contributed by atoms with E-state index in [2.05, 4.69) is 12.2 Å². The molecule has 82 valence electrons. The second-order valence-corrected chi connectivity index (χ2v) is 3.83. The van der Waals surface area contributed by atoms with Gasteiger partial charge >= 0.3 is 0 Å². The van der Waals surface area contributed by atoms with E-state index in [1.807, 2.05) is 6.92 Å². The van der Waals surface area contributed by atoms with E-state index in [4.69, 9.17) is 0 Å². The first-order valence-electron chi connectivity index (χ1n) is 5.33. The molecule has 0 aliphatic rings. The van der Waals surface area contributed by atoms with E-state index in [0.29, 0.717) is 18.8 Å². The van der Waals surface area contributed by atoms with Crippen LogP contribution in [-0.2, 0) is 9.59 Å². The predicted octanol–water partition coefficient (Wildman–Crippen LogP) is 1.91. The van der Waals surface area contributed by atoms with Crippen LogP contribution in [0.1, 0.15) is 47.0 Å². The SMILES string of the molecule is CCC(=O)C(C)NC(=O)CC(C)CC. The number of rotatable bonds is 6. The first kappa shape index (κ1) is 13.1. The zero-order valence-corrected chi connectivity index (χ0v) is 9.59. The molecule has 0 aliphatic heterocycles. The first-order chi connectivity index (χ1) is 6.51. The Hall–Kier alpha value is -0.860. The van der Waals surface area contributed by atoms with Crippen LogP contribution in [0.15, 0.2) is 0 Å². The molecule has 0 saturated carbocycles. The fourth-order valence-corrected chi connectivity index (χ4v) is 1.15. The molecule has 0 aliphatic carbocycles. The van der Waals surface area contributed by atoms with Gasteiger partial charge in [0.1, 0.15) is 0 Å². The summed E-state index contributed by atoms with van der Waals surface area (Å²) in [7, 11) is 0. The van der Waals surface area contributed by atoms with Crippen molar-refractivity contribution in [3.8, 4) is 0 Å². The summed E-state index contributed by atoms with van der Waals surface area (Å²) in [5, 5.41) is 2.71. The highest BCUT2D eigenvalue weighted by molar-refractivity contribution is 5.88. The van der Waals surface area contributed by atoms with Gasteiger partial charge in [0.2, 0.25) is 5.91 Å². The van der Waals surface area contributed by atoms with E-state index >= 15 is 0 Å². The molecule has 0 aromatic rings. The minimum atomic E-state index is -0.337. The Balaban J connectivity index is 3.88. The van der Waals surface area contributed by atoms with Gasteiger partial charge in [0.25, 0.3) is 0 Å². The summed E-state index contributed by atoms with van der Waals surface area (Å²) in [6.07, 6.45) is 1.98. The van der Waals surface area contributed by atoms with Crippen LogP contribution in [0.25, 0.3) is 0 Å². The lowest BCUT2D eigenvalue weighted by Gasteiger charge is -2.13. The van der Waals surface area contributed by atoms with Crippen molar-refractivity contribution in [1.29, 1.82) is 0 Å². The average Bonchev–Trinajstić information content (AvgIpc) is 2.15. The van der Waals surface area contributed by atoms with E-state index in [1.165, 1.54) is 0 Å². The van der Waals surface area contributed by atoms with Crippen molar-refractivity contribution >= 4 is 11.7 Å². The topological polar surface area (TPSA) is 46.2 Å². The van der Waals surface area contributed by atoms with Crippen LogP contribution in [-0.4, -0.2) is 17.7 Å². The lowest BCUT2D eigenvalue weighted by molar-refractivity contribution is -0.127. The normalized spacial score (nSPS) is 14.6. The predicted molar refractivity (Wildman–Crippen MR) is 57.0 cm³/mol. The summed E-state index contributed by atoms with van der Waals surface area (Å²) in [5.74, 6) is 0.454. The van der Waals surface area contributed by atoms with Crippen LogP contribution < -0.4 is 5.32 Å². The molecule has 3 heteroatoms. The summed E-state index contributed by atoms with van der Waals surface area (Å²) >= 11 is 0. The molecule has 0 heterocycles. The van der Waals surface area contributed by atoms with Gasteiger partial charge in [0.05, 0.1) is 6.04 Å². The quantitative estimate of drug-likeness (QED) is 0.710. The second kappa shape index (κ2) is 6.57. The van der Waals surface area contributed by atoms with Crippen LogP contribution >= 0.6 is 0 Å². The Kier molecular flexibility index (Phi) is 6.17. The van der Waals surface area contributed by atoms with E-state index < -0.39 is 0 Å². The van der Waals surface area contributed by atoms with E-state index in [9.17, 15) is 9.59 Å². The van der Waals surface area contributed by atoms with Gasteiger partial charge in [-0.05, 0) is 12.8 Å². The van der Waals surface area contributed by atoms with Crippen molar-refractivity contribution in [3.05, 3.63) is 0 Å². The highest BCUT2D eigenvalue weighted by atomic mass is 16.2. The Morgan fingerprint density at radius 2 is 1.79 bits per heavy atom. The number of ketones is 1. The monoisotopic (exact) mass is 199 g/mol. The van der Waals surface area contributed by atoms with Crippen molar-refractivity contribution in [2.75, 3.05) is 0 Å². The van der Waals surface area contributed by atoms with Gasteiger partial charge in [-0.3, -0.25) is 9.59 Å². The Morgan fingerprint density at radius 1 is 1.21 bits per heavy atom. The zero-order valence-electron chi connectivity index (χ0n) is 9.59. The molecule has 3 nitrogen and oxygen atoms in total. The fraction of sp³-hybridized carbons (Fsp3) is 0.818. The molecule has 0 radical (unpaired) electrons. The number of nitrogens with one attached hydrogen (secondary N) is 1. The number of hydrogen-bond donors (Lipinski definition) is 1. The fourth-order valence-electron chi connectivity index (χ4n) is 1.15. The van der Waals surface area contributed by atoms with Crippen LogP contribution in [0.5, 0.6) is 0 Å². The van der Waals surface area contributed by atoms with Crippen molar-refractivity contribution in [2.24, 2.45) is 5.92 Å². The van der Waals surface area contributed by atoms with Gasteiger partial charge in [-0.25, -0.2) is 0 Å². The van der Waals surface area contributed by atoms with Crippen LogP contribution in [0.3, 0.4) is 0 Å². The Bertz CT molecular complexity index is 201. The lowest BCUT2D eigenvalue weighted by Crippen LogP contribution is -2.38. The lowest BCUT2D eigenvalue weighted by atomic mass is 10.0. The maximum absolute atomic E-state index is 11.4. The van der Waals surface area contributed by atoms with Crippen LogP contribution in [0, 0.1) is 5.92 Å². The van der Waals surface area contributed by atoms with Gasteiger partial charge in [0, 0.05) is 12.8 Å². The maximum atomic E-state index is 11.4. The second-order valence-electron chi connectivity index (χ2n) is 3.83. The highest BCUT2D eigenvalue weighted by Crippen LogP contribution is 2.06. The van der Waals surface area contributed by atoms with Crippen molar-refractivity contribution < 1.29 is 9.59 Å². The number of carbonyl (C=O) groups excluding carboxylic acids is 2. The number of carbonyl (C=O) groups is 2. The van der Waals surface area contributed by atoms with Crippen molar-refractivity contribution in [2.45, 2.75) is 53.0 Å². The average molecular weight is 199 g/mol. The third-order valence-electron chi connectivity index (χ3n) is 2.44. The molecule has 0 aromatic carbocycles. The number of amides is 1. The largest absolute Gasteiger partial charge is 0.347 e. The third-order valence-corrected chi connectivity index (χ3v) is 2.44. The molecule has 2 atom stereocenters. The smallest absolute Gasteiger partial charge is 0.220 e. The molecule has 0 fully saturated rings. The molecular formula is C11H21NO2. The summed E-state index contributed by atoms with van der Waals surface area (Å²) in [6, 6.07) is -0.337. The maximum Gasteiger partial charge on any atom is 0.220 e. The molecule has 0 aromatic heterocycles. The van der Waals surface area contributed by atoms with Gasteiger partial charge < -0.3 is 5.32 Å². The third kappa shape index (κ3) is 5.00. The van der Waals surface area contributed by atoms with Crippen LogP contribution in [0.4, 0.5) is 0 Å². The summed E-state index contributed by atoms with van der Waals surface area (Å²) < 4.78 is 0. The standard InChI is InChI=1S/C11H21NO2/c1-5-8(3)7-11(14)12-9(4)10(13)6-2/h8-9H,5-7H2,1-4H3,(H,12,14). The van der Waals surface area contributed by atoms with Crippen LogP contribution in [0.2, 0.25) is 0 Å². The molecule has 0 bridgehead atoms. The molecule has 0 saturated heterocycles. The van der Waals surface area contributed by atoms with Gasteiger partial charge in [-0.1, -0.05) is 27.2 Å². The van der Waals surface area contributed by atoms with E-state index in [1.54, 1.807) is 13.8 Å². The van der Waals surface area contributed by atoms with E-state index in [-0.39, 0.29) is 17.7 Å². The molecular weight excluding hydrogens is 178 g/mol. The van der Waals surface area contributed by atoms with Gasteiger partial charge in [-0.2, -0.15) is 0 Å². The van der Waals surface area contributed by atoms with Crippen molar-refractivity contribution in [3.63, 3.8) is 0 Å². The number of hydrogen-bond acceptors (Lipinski definition) is 2. The molecule has 0 spiro atoms. The summed E-state index contributed by atoms with van der Waals surface area (Å²) in [6.45, 7) is 7.63. The highest BCUT2D eigenvalue weighted by Gasteiger charge is 2.14.